The Morgan fingerprint density at radius 3 is 2.44 bits per heavy atom. The van der Waals surface area contributed by atoms with E-state index in [-0.39, 0.29) is 5.56 Å². The maximum Gasteiger partial charge on any atom is 0.417 e. The van der Waals surface area contributed by atoms with E-state index in [4.69, 9.17) is 11.1 Å². The molecule has 2 aromatic rings. The first-order valence-electron chi connectivity index (χ1n) is 6.74. The van der Waals surface area contributed by atoms with E-state index in [0.29, 0.717) is 0 Å². The van der Waals surface area contributed by atoms with Gasteiger partial charge in [-0.25, -0.2) is 0 Å². The smallest absolute Gasteiger partial charge is 0.417 e. The van der Waals surface area contributed by atoms with Gasteiger partial charge in [0.25, 0.3) is 5.91 Å². The van der Waals surface area contributed by atoms with Crippen LogP contribution in [0.5, 0.6) is 5.75 Å². The summed E-state index contributed by atoms with van der Waals surface area (Å²) in [5.41, 5.74) is 2.32. The van der Waals surface area contributed by atoms with Crippen molar-refractivity contribution in [3.8, 4) is 22.9 Å². The molecule has 2 aromatic carbocycles. The Kier molecular flexibility index (Phi) is 4.65. The van der Waals surface area contributed by atoms with Crippen LogP contribution in [-0.2, 0) is 6.18 Å². The summed E-state index contributed by atoms with van der Waals surface area (Å²) in [6.07, 6.45) is -4.75. The summed E-state index contributed by atoms with van der Waals surface area (Å²) >= 11 is 0. The summed E-state index contributed by atoms with van der Waals surface area (Å²) in [4.78, 5) is 12.2. The third-order valence-electron chi connectivity index (χ3n) is 3.28. The van der Waals surface area contributed by atoms with Crippen LogP contribution in [0.2, 0.25) is 0 Å². The highest BCUT2D eigenvalue weighted by molar-refractivity contribution is 6.11. The minimum atomic E-state index is -4.75. The van der Waals surface area contributed by atoms with Gasteiger partial charge in [-0.2, -0.15) is 18.4 Å². The average molecular weight is 348 g/mol. The number of nitrogens with one attached hydrogen (secondary N) is 2. The minimum Gasteiger partial charge on any atom is -0.507 e. The molecule has 0 heterocycles. The second-order valence-corrected chi connectivity index (χ2v) is 4.91. The fourth-order valence-corrected chi connectivity index (χ4v) is 2.33. The Labute approximate surface area is 139 Å². The molecule has 0 unspecified atom stereocenters. The number of nitrogens with two attached hydrogens (primary N) is 1. The number of guanidine groups is 1. The van der Waals surface area contributed by atoms with E-state index in [1.807, 2.05) is 5.32 Å². The van der Waals surface area contributed by atoms with Crippen molar-refractivity contribution in [3.63, 3.8) is 0 Å². The molecule has 5 N–H and O–H groups in total. The number of hydrogen-bond donors (Lipinski definition) is 4. The van der Waals surface area contributed by atoms with Crippen molar-refractivity contribution in [2.45, 2.75) is 6.18 Å². The van der Waals surface area contributed by atoms with Crippen LogP contribution in [0.1, 0.15) is 21.5 Å². The highest BCUT2D eigenvalue weighted by Crippen LogP contribution is 2.41. The summed E-state index contributed by atoms with van der Waals surface area (Å²) in [6.45, 7) is 0. The molecule has 0 saturated heterocycles. The first-order valence-corrected chi connectivity index (χ1v) is 6.74. The number of phenolic OH excluding ortho intramolecular Hbond substituents is 1. The number of phenols is 1. The highest BCUT2D eigenvalue weighted by atomic mass is 19.4. The van der Waals surface area contributed by atoms with Crippen LogP contribution in [-0.4, -0.2) is 17.0 Å². The summed E-state index contributed by atoms with van der Waals surface area (Å²) in [5, 5.41) is 28.2. The number of nitriles is 1. The van der Waals surface area contributed by atoms with Crippen LogP contribution in [0.3, 0.4) is 0 Å². The van der Waals surface area contributed by atoms with Crippen molar-refractivity contribution >= 4 is 11.9 Å². The first-order chi connectivity index (χ1) is 11.7. The number of alkyl halides is 3. The molecule has 6 nitrogen and oxygen atoms in total. The molecule has 25 heavy (non-hydrogen) atoms. The van der Waals surface area contributed by atoms with Gasteiger partial charge in [-0.3, -0.25) is 15.5 Å². The Bertz CT molecular complexity index is 901. The molecule has 128 valence electrons. The highest BCUT2D eigenvalue weighted by Gasteiger charge is 2.35. The number of carbonyl (C=O) groups excluding carboxylic acids is 1. The molecular weight excluding hydrogens is 337 g/mol. The van der Waals surface area contributed by atoms with Crippen LogP contribution < -0.4 is 11.1 Å². The topological polar surface area (TPSA) is 123 Å². The molecule has 0 fully saturated rings. The molecule has 1 amide bonds. The van der Waals surface area contributed by atoms with Crippen LogP contribution in [0.15, 0.2) is 36.4 Å². The molecular formula is C16H11F3N4O2. The molecule has 0 aromatic heterocycles. The van der Waals surface area contributed by atoms with E-state index in [0.717, 1.165) is 30.3 Å². The van der Waals surface area contributed by atoms with Crippen molar-refractivity contribution in [1.29, 1.82) is 10.7 Å². The van der Waals surface area contributed by atoms with Crippen LogP contribution in [0.4, 0.5) is 13.2 Å². The average Bonchev–Trinajstić information content (AvgIpc) is 2.52. The quantitative estimate of drug-likeness (QED) is 0.492. The molecule has 0 saturated carbocycles. The van der Waals surface area contributed by atoms with Gasteiger partial charge in [0.05, 0.1) is 22.8 Å². The number of rotatable bonds is 2. The molecule has 9 heteroatoms. The van der Waals surface area contributed by atoms with Crippen LogP contribution in [0.25, 0.3) is 11.1 Å². The number of nitrogens with zero attached hydrogens (tertiary/aromatic N) is 1. The molecule has 0 spiro atoms. The monoisotopic (exact) mass is 348 g/mol. The molecule has 0 radical (unpaired) electrons. The lowest BCUT2D eigenvalue weighted by molar-refractivity contribution is -0.137. The van der Waals surface area contributed by atoms with E-state index in [9.17, 15) is 28.3 Å². The Balaban J connectivity index is 2.87. The van der Waals surface area contributed by atoms with Gasteiger partial charge in [0, 0.05) is 5.56 Å². The first kappa shape index (κ1) is 17.8. The van der Waals surface area contributed by atoms with Crippen molar-refractivity contribution in [2.24, 2.45) is 5.73 Å². The molecule has 0 bridgehead atoms. The van der Waals surface area contributed by atoms with Gasteiger partial charge in [-0.1, -0.05) is 18.2 Å². The van der Waals surface area contributed by atoms with Crippen LogP contribution in [0, 0.1) is 16.7 Å². The van der Waals surface area contributed by atoms with Gasteiger partial charge >= 0.3 is 6.18 Å². The number of carbonyl (C=O) groups is 1. The number of halogens is 3. The third-order valence-corrected chi connectivity index (χ3v) is 3.28. The van der Waals surface area contributed by atoms with Crippen molar-refractivity contribution in [3.05, 3.63) is 53.1 Å². The van der Waals surface area contributed by atoms with E-state index in [2.05, 4.69) is 0 Å². The zero-order valence-corrected chi connectivity index (χ0v) is 12.5. The summed E-state index contributed by atoms with van der Waals surface area (Å²) < 4.78 is 39.9. The van der Waals surface area contributed by atoms with Gasteiger partial charge in [0.1, 0.15) is 5.75 Å². The van der Waals surface area contributed by atoms with Gasteiger partial charge < -0.3 is 10.8 Å². The summed E-state index contributed by atoms with van der Waals surface area (Å²) in [7, 11) is 0. The maximum atomic E-state index is 13.3. The molecule has 0 atom stereocenters. The predicted molar refractivity (Wildman–Crippen MR) is 82.6 cm³/mol. The molecule has 0 aliphatic heterocycles. The Hall–Kier alpha value is -3.54. The lowest BCUT2D eigenvalue weighted by Crippen LogP contribution is -2.36. The fraction of sp³-hybridized carbons (Fsp3) is 0.0625. The van der Waals surface area contributed by atoms with Crippen molar-refractivity contribution < 1.29 is 23.1 Å². The number of amides is 1. The molecule has 2 rings (SSSR count). The van der Waals surface area contributed by atoms with Crippen LogP contribution >= 0.6 is 0 Å². The zero-order valence-electron chi connectivity index (χ0n) is 12.5. The zero-order chi connectivity index (χ0) is 18.8. The van der Waals surface area contributed by atoms with Crippen molar-refractivity contribution in [1.82, 2.24) is 5.32 Å². The summed E-state index contributed by atoms with van der Waals surface area (Å²) in [6, 6.07) is 8.17. The van der Waals surface area contributed by atoms with E-state index >= 15 is 0 Å². The molecule has 0 aliphatic carbocycles. The van der Waals surface area contributed by atoms with E-state index < -0.39 is 46.0 Å². The van der Waals surface area contributed by atoms with Crippen molar-refractivity contribution in [2.75, 3.05) is 0 Å². The minimum absolute atomic E-state index is 0.247. The molecule has 0 aliphatic rings. The summed E-state index contributed by atoms with van der Waals surface area (Å²) in [5.74, 6) is -2.51. The number of aromatic hydroxyl groups is 1. The Morgan fingerprint density at radius 2 is 1.88 bits per heavy atom. The normalized spacial score (nSPS) is 10.8. The number of hydrogen-bond acceptors (Lipinski definition) is 4. The standard InChI is InChI=1S/C16H11F3N4O2/c17-16(18,19)10-4-2-1-3-9(10)12-8(7-20)5-6-11(24)13(12)14(25)23-15(21)22/h1-6,24H,(H4,21,22,23,25). The Morgan fingerprint density at radius 1 is 1.24 bits per heavy atom. The fourth-order valence-electron chi connectivity index (χ4n) is 2.33. The van der Waals surface area contributed by atoms with Gasteiger partial charge in [0.2, 0.25) is 0 Å². The largest absolute Gasteiger partial charge is 0.507 e. The van der Waals surface area contributed by atoms with E-state index in [1.54, 1.807) is 6.07 Å². The lowest BCUT2D eigenvalue weighted by atomic mass is 9.90. The lowest BCUT2D eigenvalue weighted by Gasteiger charge is -2.17. The predicted octanol–water partition coefficient (Wildman–Crippen LogP) is 2.57. The van der Waals surface area contributed by atoms with Gasteiger partial charge in [0.15, 0.2) is 5.96 Å². The number of benzene rings is 2. The second-order valence-electron chi connectivity index (χ2n) is 4.91. The maximum absolute atomic E-state index is 13.3. The third kappa shape index (κ3) is 3.53. The second kappa shape index (κ2) is 6.52. The van der Waals surface area contributed by atoms with Gasteiger partial charge in [-0.05, 0) is 23.8 Å². The van der Waals surface area contributed by atoms with Gasteiger partial charge in [-0.15, -0.1) is 0 Å². The van der Waals surface area contributed by atoms with E-state index in [1.165, 1.54) is 6.07 Å². The SMILES string of the molecule is N#Cc1ccc(O)c(C(=O)NC(=N)N)c1-c1ccccc1C(F)(F)F.